The van der Waals surface area contributed by atoms with E-state index in [4.69, 9.17) is 9.47 Å². The maximum absolute atomic E-state index is 10.7. The van der Waals surface area contributed by atoms with Crippen LogP contribution in [0.4, 0.5) is 0 Å². The van der Waals surface area contributed by atoms with Crippen LogP contribution >= 0.6 is 0 Å². The average Bonchev–Trinajstić information content (AvgIpc) is 2.74. The van der Waals surface area contributed by atoms with Crippen LogP contribution in [0.5, 0.6) is 11.5 Å². The quantitative estimate of drug-likeness (QED) is 0.461. The summed E-state index contributed by atoms with van der Waals surface area (Å²) in [5.41, 5.74) is 3.15. The molecule has 31 heavy (non-hydrogen) atoms. The van der Waals surface area contributed by atoms with E-state index in [-0.39, 0.29) is 5.92 Å². The van der Waals surface area contributed by atoms with Gasteiger partial charge in [0.2, 0.25) is 0 Å². The Bertz CT molecular complexity index is 793. The molecule has 1 fully saturated rings. The summed E-state index contributed by atoms with van der Waals surface area (Å²) < 4.78 is 12.4. The molecule has 2 heterocycles. The fraction of sp³-hybridized carbons (Fsp3) is 0.750. The molecule has 0 amide bonds. The molecule has 2 aliphatic rings. The number of aromatic hydroxyl groups is 1. The fourth-order valence-electron chi connectivity index (χ4n) is 5.27. The van der Waals surface area contributed by atoms with Crippen molar-refractivity contribution in [3.8, 4) is 11.5 Å². The molecule has 176 valence electrons. The molecule has 0 bridgehead atoms. The zero-order valence-corrected chi connectivity index (χ0v) is 19.3. The molecule has 2 aliphatic heterocycles. The smallest absolute Gasteiger partial charge is 0.127 e. The van der Waals surface area contributed by atoms with Crippen LogP contribution in [0.15, 0.2) is 0 Å². The van der Waals surface area contributed by atoms with Crippen LogP contribution in [0.2, 0.25) is 0 Å². The lowest BCUT2D eigenvalue weighted by molar-refractivity contribution is -0.244. The van der Waals surface area contributed by atoms with Crippen LogP contribution in [0, 0.1) is 26.7 Å². The maximum atomic E-state index is 10.7. The number of fused-ring (bicyclic) bond motifs is 1. The molecule has 2 unspecified atom stereocenters. The first-order valence-electron chi connectivity index (χ1n) is 11.4. The molecule has 7 nitrogen and oxygen atoms in total. The van der Waals surface area contributed by atoms with Gasteiger partial charge in [-0.15, -0.1) is 0 Å². The minimum atomic E-state index is -1.37. The highest BCUT2D eigenvalue weighted by molar-refractivity contribution is 5.58. The van der Waals surface area contributed by atoms with Crippen molar-refractivity contribution < 1.29 is 35.0 Å². The number of phenolic OH excluding ortho intramolecular Hbond substituents is 1. The Kier molecular flexibility index (Phi) is 7.23. The fourth-order valence-corrected chi connectivity index (χ4v) is 5.27. The van der Waals surface area contributed by atoms with Crippen molar-refractivity contribution in [1.82, 2.24) is 0 Å². The second kappa shape index (κ2) is 9.24. The third-order valence-electron chi connectivity index (χ3n) is 7.34. The Morgan fingerprint density at radius 3 is 2.32 bits per heavy atom. The molecule has 0 aliphatic carbocycles. The molecule has 7 atom stereocenters. The Morgan fingerprint density at radius 1 is 1.03 bits per heavy atom. The Labute approximate surface area is 184 Å². The van der Waals surface area contributed by atoms with E-state index >= 15 is 0 Å². The van der Waals surface area contributed by atoms with Gasteiger partial charge in [0.15, 0.2) is 0 Å². The van der Waals surface area contributed by atoms with E-state index in [1.165, 1.54) is 0 Å². The lowest BCUT2D eigenvalue weighted by atomic mass is 9.76. The van der Waals surface area contributed by atoms with Gasteiger partial charge in [0.1, 0.15) is 41.5 Å². The van der Waals surface area contributed by atoms with E-state index in [0.29, 0.717) is 12.2 Å². The first-order valence-corrected chi connectivity index (χ1v) is 11.4. The van der Waals surface area contributed by atoms with Crippen LogP contribution in [0.1, 0.15) is 61.8 Å². The largest absolute Gasteiger partial charge is 0.507 e. The van der Waals surface area contributed by atoms with Gasteiger partial charge in [0.25, 0.3) is 0 Å². The van der Waals surface area contributed by atoms with Crippen molar-refractivity contribution in [1.29, 1.82) is 0 Å². The second-order valence-electron chi connectivity index (χ2n) is 9.63. The molecule has 0 spiro atoms. The Morgan fingerprint density at radius 2 is 1.71 bits per heavy atom. The van der Waals surface area contributed by atoms with Crippen LogP contribution in [-0.2, 0) is 11.2 Å². The lowest BCUT2D eigenvalue weighted by Crippen LogP contribution is -2.61. The van der Waals surface area contributed by atoms with Crippen LogP contribution < -0.4 is 4.74 Å². The van der Waals surface area contributed by atoms with Gasteiger partial charge in [-0.3, -0.25) is 0 Å². The molecule has 0 saturated carbocycles. The van der Waals surface area contributed by atoms with Gasteiger partial charge in [0.05, 0.1) is 12.7 Å². The van der Waals surface area contributed by atoms with Crippen molar-refractivity contribution in [2.45, 2.75) is 103 Å². The highest BCUT2D eigenvalue weighted by Crippen LogP contribution is 2.46. The SMILES string of the molecule is CCCC(CC1(C)CCc2c(C)c(O)c(C)c(C)c2O1)[C@@H]1O[C@H](CO)[C@@H](O)[C@H](O)[C@H]1O. The van der Waals surface area contributed by atoms with Gasteiger partial charge in [-0.25, -0.2) is 0 Å². The van der Waals surface area contributed by atoms with Gasteiger partial charge >= 0.3 is 0 Å². The van der Waals surface area contributed by atoms with Crippen molar-refractivity contribution in [2.75, 3.05) is 6.61 Å². The van der Waals surface area contributed by atoms with Crippen LogP contribution in [-0.4, -0.2) is 68.3 Å². The van der Waals surface area contributed by atoms with Crippen molar-refractivity contribution in [3.05, 3.63) is 22.3 Å². The van der Waals surface area contributed by atoms with E-state index in [1.807, 2.05) is 20.8 Å². The first-order chi connectivity index (χ1) is 14.5. The van der Waals surface area contributed by atoms with Crippen LogP contribution in [0.25, 0.3) is 0 Å². The molecule has 5 N–H and O–H groups in total. The first kappa shape index (κ1) is 24.3. The number of phenols is 1. The van der Waals surface area contributed by atoms with Gasteiger partial charge in [-0.2, -0.15) is 0 Å². The average molecular weight is 439 g/mol. The number of hydrogen-bond acceptors (Lipinski definition) is 7. The van der Waals surface area contributed by atoms with Gasteiger partial charge in [-0.05, 0) is 76.0 Å². The Hall–Kier alpha value is -1.38. The summed E-state index contributed by atoms with van der Waals surface area (Å²) in [5.74, 6) is 1.03. The predicted octanol–water partition coefficient (Wildman–Crippen LogP) is 2.05. The number of benzene rings is 1. The van der Waals surface area contributed by atoms with Gasteiger partial charge in [0, 0.05) is 5.56 Å². The topological polar surface area (TPSA) is 120 Å². The zero-order valence-electron chi connectivity index (χ0n) is 19.3. The minimum Gasteiger partial charge on any atom is -0.507 e. The molecule has 1 saturated heterocycles. The van der Waals surface area contributed by atoms with E-state index in [9.17, 15) is 25.5 Å². The number of aliphatic hydroxyl groups excluding tert-OH is 4. The summed E-state index contributed by atoms with van der Waals surface area (Å²) in [7, 11) is 0. The third kappa shape index (κ3) is 4.44. The molecule has 3 rings (SSSR count). The number of rotatable bonds is 6. The highest BCUT2D eigenvalue weighted by Gasteiger charge is 2.48. The number of aliphatic hydroxyl groups is 4. The maximum Gasteiger partial charge on any atom is 0.127 e. The molecule has 1 aromatic carbocycles. The predicted molar refractivity (Wildman–Crippen MR) is 116 cm³/mol. The van der Waals surface area contributed by atoms with E-state index < -0.39 is 42.7 Å². The molecular weight excluding hydrogens is 400 g/mol. The molecule has 1 aromatic rings. The number of ether oxygens (including phenoxy) is 2. The van der Waals surface area contributed by atoms with Crippen molar-refractivity contribution >= 4 is 0 Å². The number of hydrogen-bond donors (Lipinski definition) is 5. The third-order valence-corrected chi connectivity index (χ3v) is 7.34. The summed E-state index contributed by atoms with van der Waals surface area (Å²) >= 11 is 0. The monoisotopic (exact) mass is 438 g/mol. The minimum absolute atomic E-state index is 0.123. The standard InChI is InChI=1S/C24H38O7/c1-6-7-15(23-21(29)20(28)19(27)17(11-25)30-23)10-24(5)9-8-16-14(4)18(26)12(2)13(3)22(16)31-24/h15,17,19-21,23,25-29H,6-11H2,1-5H3/t15?,17-,19-,20+,21-,23+,24?/m1/s1. The Balaban J connectivity index is 1.87. The van der Waals surface area contributed by atoms with E-state index in [1.54, 1.807) is 0 Å². The molecular formula is C24H38O7. The summed E-state index contributed by atoms with van der Waals surface area (Å²) in [6, 6.07) is 0. The van der Waals surface area contributed by atoms with Crippen molar-refractivity contribution in [3.63, 3.8) is 0 Å². The second-order valence-corrected chi connectivity index (χ2v) is 9.63. The molecule has 7 heteroatoms. The summed E-state index contributed by atoms with van der Waals surface area (Å²) in [5, 5.41) is 51.0. The normalized spacial score (nSPS) is 34.2. The van der Waals surface area contributed by atoms with Crippen molar-refractivity contribution in [2.24, 2.45) is 5.92 Å². The van der Waals surface area contributed by atoms with Gasteiger partial charge in [-0.1, -0.05) is 13.3 Å². The van der Waals surface area contributed by atoms with E-state index in [2.05, 4.69) is 13.8 Å². The van der Waals surface area contributed by atoms with E-state index in [0.717, 1.165) is 53.7 Å². The lowest BCUT2D eigenvalue weighted by Gasteiger charge is -2.46. The molecule has 0 aromatic heterocycles. The highest BCUT2D eigenvalue weighted by atomic mass is 16.5. The summed E-state index contributed by atoms with van der Waals surface area (Å²) in [6.45, 7) is 9.44. The summed E-state index contributed by atoms with van der Waals surface area (Å²) in [4.78, 5) is 0. The van der Waals surface area contributed by atoms with Gasteiger partial charge < -0.3 is 35.0 Å². The zero-order chi connectivity index (χ0) is 23.1. The van der Waals surface area contributed by atoms with Crippen LogP contribution in [0.3, 0.4) is 0 Å². The summed E-state index contributed by atoms with van der Waals surface area (Å²) in [6.07, 6.45) is -1.84. The molecule has 0 radical (unpaired) electrons.